The van der Waals surface area contributed by atoms with Gasteiger partial charge in [-0.3, -0.25) is 4.31 Å². The van der Waals surface area contributed by atoms with Crippen LogP contribution < -0.4 is 10.6 Å². The molecule has 8 heteroatoms. The number of nitrogens with zero attached hydrogens (tertiary/aromatic N) is 3. The van der Waals surface area contributed by atoms with Crippen LogP contribution in [-0.2, 0) is 0 Å². The number of fused-ring (bicyclic) bond motifs is 1. The second-order valence-electron chi connectivity index (χ2n) is 8.70. The van der Waals surface area contributed by atoms with Crippen molar-refractivity contribution in [2.75, 3.05) is 37.8 Å². The number of para-hydroxylation sites is 1. The lowest BCUT2D eigenvalue weighted by atomic mass is 9.58. The van der Waals surface area contributed by atoms with Crippen LogP contribution in [0.3, 0.4) is 0 Å². The third-order valence-electron chi connectivity index (χ3n) is 6.99. The minimum Gasteiger partial charge on any atom is -0.351 e. The summed E-state index contributed by atoms with van der Waals surface area (Å²) in [6.07, 6.45) is 7.14. The second kappa shape index (κ2) is 7.32. The molecule has 29 heavy (non-hydrogen) atoms. The van der Waals surface area contributed by atoms with Crippen LogP contribution in [0.25, 0.3) is 10.9 Å². The van der Waals surface area contributed by atoms with Gasteiger partial charge in [0.25, 0.3) is 5.92 Å². The molecule has 2 aliphatic heterocycles. The molecule has 3 heterocycles. The number of aromatic nitrogens is 2. The lowest BCUT2D eigenvalue weighted by molar-refractivity contribution is -0.130. The molecule has 156 valence electrons. The van der Waals surface area contributed by atoms with Crippen LogP contribution in [0, 0.1) is 5.41 Å². The Morgan fingerprint density at radius 2 is 2.00 bits per heavy atom. The average Bonchev–Trinajstić information content (AvgIpc) is 3.02. The van der Waals surface area contributed by atoms with Crippen LogP contribution in [0.15, 0.2) is 24.4 Å². The standard InChI is InChI=1S/C21H27F2N5S/c1-29-28-7-5-16(6-8-28)26-19-25-11-14-3-2-4-17(18(14)27-19)15-9-20(10-15)12-24-13-21(20,22)23/h2-4,11,15-16,24H,5-10,12-13H2,1H3,(H,25,26,27). The van der Waals surface area contributed by atoms with Crippen molar-refractivity contribution in [2.45, 2.75) is 43.6 Å². The lowest BCUT2D eigenvalue weighted by Gasteiger charge is -2.48. The molecule has 5 nitrogen and oxygen atoms in total. The molecule has 1 saturated carbocycles. The van der Waals surface area contributed by atoms with Crippen molar-refractivity contribution in [3.8, 4) is 0 Å². The molecule has 3 fully saturated rings. The molecule has 2 aromatic rings. The van der Waals surface area contributed by atoms with E-state index in [1.165, 1.54) is 0 Å². The fourth-order valence-corrected chi connectivity index (χ4v) is 5.74. The highest BCUT2D eigenvalue weighted by Crippen LogP contribution is 2.60. The molecular weight excluding hydrogens is 392 g/mol. The number of rotatable bonds is 4. The zero-order chi connectivity index (χ0) is 20.1. The van der Waals surface area contributed by atoms with E-state index in [0.29, 0.717) is 31.4 Å². The fourth-order valence-electron chi connectivity index (χ4n) is 5.16. The summed E-state index contributed by atoms with van der Waals surface area (Å²) in [6.45, 7) is 2.34. The van der Waals surface area contributed by atoms with Crippen LogP contribution in [0.4, 0.5) is 14.7 Å². The SMILES string of the molecule is CSN1CCC(Nc2ncc3cccc(C4CC5(CNCC5(F)F)C4)c3n2)CC1. The molecule has 0 amide bonds. The van der Waals surface area contributed by atoms with E-state index in [4.69, 9.17) is 4.98 Å². The summed E-state index contributed by atoms with van der Waals surface area (Å²) < 4.78 is 31.0. The van der Waals surface area contributed by atoms with Crippen molar-refractivity contribution in [3.05, 3.63) is 30.0 Å². The summed E-state index contributed by atoms with van der Waals surface area (Å²) in [4.78, 5) is 9.33. The molecule has 1 aromatic heterocycles. The molecule has 1 aliphatic carbocycles. The van der Waals surface area contributed by atoms with Crippen molar-refractivity contribution >= 4 is 28.8 Å². The van der Waals surface area contributed by atoms with E-state index in [-0.39, 0.29) is 12.5 Å². The Kier molecular flexibility index (Phi) is 4.91. The number of anilines is 1. The molecule has 0 radical (unpaired) electrons. The van der Waals surface area contributed by atoms with E-state index in [9.17, 15) is 8.78 Å². The van der Waals surface area contributed by atoms with E-state index in [0.717, 1.165) is 42.4 Å². The Bertz CT molecular complexity index is 894. The number of hydrogen-bond donors (Lipinski definition) is 2. The average molecular weight is 420 g/mol. The Labute approximate surface area is 174 Å². The third-order valence-corrected chi connectivity index (χ3v) is 7.87. The van der Waals surface area contributed by atoms with E-state index in [1.807, 2.05) is 24.4 Å². The molecule has 0 bridgehead atoms. The summed E-state index contributed by atoms with van der Waals surface area (Å²) in [5, 5.41) is 7.35. The highest BCUT2D eigenvalue weighted by atomic mass is 32.2. The van der Waals surface area contributed by atoms with Gasteiger partial charge >= 0.3 is 0 Å². The number of nitrogens with one attached hydrogen (secondary N) is 2. The quantitative estimate of drug-likeness (QED) is 0.734. The van der Waals surface area contributed by atoms with Gasteiger partial charge in [0.05, 0.1) is 12.1 Å². The van der Waals surface area contributed by atoms with Crippen LogP contribution in [0.2, 0.25) is 0 Å². The topological polar surface area (TPSA) is 53.1 Å². The first-order valence-electron chi connectivity index (χ1n) is 10.4. The van der Waals surface area contributed by atoms with Gasteiger partial charge in [-0.2, -0.15) is 0 Å². The van der Waals surface area contributed by atoms with Gasteiger partial charge in [-0.1, -0.05) is 30.1 Å². The van der Waals surface area contributed by atoms with Crippen LogP contribution in [0.5, 0.6) is 0 Å². The molecule has 5 rings (SSSR count). The fraction of sp³-hybridized carbons (Fsp3) is 0.619. The highest BCUT2D eigenvalue weighted by molar-refractivity contribution is 7.96. The van der Waals surface area contributed by atoms with E-state index in [1.54, 1.807) is 11.9 Å². The maximum absolute atomic E-state index is 14.3. The van der Waals surface area contributed by atoms with Gasteiger partial charge in [0.2, 0.25) is 5.95 Å². The van der Waals surface area contributed by atoms with Crippen molar-refractivity contribution in [2.24, 2.45) is 5.41 Å². The van der Waals surface area contributed by atoms with Gasteiger partial charge in [-0.05, 0) is 43.4 Å². The number of benzene rings is 1. The predicted molar refractivity (Wildman–Crippen MR) is 113 cm³/mol. The van der Waals surface area contributed by atoms with Crippen LogP contribution >= 0.6 is 11.9 Å². The first-order chi connectivity index (χ1) is 14.0. The number of piperidine rings is 1. The van der Waals surface area contributed by atoms with Crippen molar-refractivity contribution in [3.63, 3.8) is 0 Å². The minimum atomic E-state index is -2.61. The van der Waals surface area contributed by atoms with E-state index >= 15 is 0 Å². The summed E-state index contributed by atoms with van der Waals surface area (Å²) in [6, 6.07) is 6.41. The zero-order valence-corrected chi connectivity index (χ0v) is 17.4. The van der Waals surface area contributed by atoms with Gasteiger partial charge in [-0.15, -0.1) is 0 Å². The highest BCUT2D eigenvalue weighted by Gasteiger charge is 2.63. The molecule has 0 unspecified atom stereocenters. The Morgan fingerprint density at radius 1 is 1.21 bits per heavy atom. The smallest absolute Gasteiger partial charge is 0.267 e. The zero-order valence-electron chi connectivity index (χ0n) is 16.6. The molecule has 3 aliphatic rings. The maximum atomic E-state index is 14.3. The normalized spacial score (nSPS) is 30.0. The molecule has 2 saturated heterocycles. The number of alkyl halides is 2. The van der Waals surface area contributed by atoms with Crippen molar-refractivity contribution in [1.29, 1.82) is 0 Å². The first kappa shape index (κ1) is 19.5. The molecule has 1 aromatic carbocycles. The molecule has 2 N–H and O–H groups in total. The Hall–Kier alpha value is -1.51. The number of halogens is 2. The lowest BCUT2D eigenvalue weighted by Crippen LogP contribution is -2.49. The summed E-state index contributed by atoms with van der Waals surface area (Å²) in [5.41, 5.74) is 1.11. The summed E-state index contributed by atoms with van der Waals surface area (Å²) in [5.74, 6) is -1.83. The van der Waals surface area contributed by atoms with Crippen molar-refractivity contribution < 1.29 is 8.78 Å². The first-order valence-corrected chi connectivity index (χ1v) is 11.6. The van der Waals surface area contributed by atoms with Crippen molar-refractivity contribution in [1.82, 2.24) is 19.6 Å². The van der Waals surface area contributed by atoms with Crippen LogP contribution in [0.1, 0.15) is 37.2 Å². The second-order valence-corrected chi connectivity index (χ2v) is 9.58. The van der Waals surface area contributed by atoms with E-state index in [2.05, 4.69) is 26.2 Å². The monoisotopic (exact) mass is 419 g/mol. The largest absolute Gasteiger partial charge is 0.351 e. The maximum Gasteiger partial charge on any atom is 0.267 e. The van der Waals surface area contributed by atoms with Crippen LogP contribution in [-0.4, -0.2) is 58.7 Å². The molecule has 0 atom stereocenters. The minimum absolute atomic E-state index is 0.136. The van der Waals surface area contributed by atoms with E-state index < -0.39 is 11.3 Å². The predicted octanol–water partition coefficient (Wildman–Crippen LogP) is 3.89. The Balaban J connectivity index is 1.35. The third kappa shape index (κ3) is 3.39. The van der Waals surface area contributed by atoms with Gasteiger partial charge < -0.3 is 10.6 Å². The van der Waals surface area contributed by atoms with Gasteiger partial charge in [-0.25, -0.2) is 18.7 Å². The summed E-state index contributed by atoms with van der Waals surface area (Å²) >= 11 is 1.79. The Morgan fingerprint density at radius 3 is 2.69 bits per heavy atom. The van der Waals surface area contributed by atoms with Gasteiger partial charge in [0.15, 0.2) is 0 Å². The summed E-state index contributed by atoms with van der Waals surface area (Å²) in [7, 11) is 0. The number of hydrogen-bond acceptors (Lipinski definition) is 6. The molecular formula is C21H27F2N5S. The molecule has 1 spiro atoms. The van der Waals surface area contributed by atoms with Gasteiger partial charge in [0.1, 0.15) is 0 Å². The van der Waals surface area contributed by atoms with Gasteiger partial charge in [0, 0.05) is 42.7 Å².